The van der Waals surface area contributed by atoms with Crippen LogP contribution in [0.4, 0.5) is 5.69 Å². The molecule has 1 saturated heterocycles. The van der Waals surface area contributed by atoms with Gasteiger partial charge in [0.05, 0.1) is 0 Å². The molecule has 1 aliphatic rings. The Labute approximate surface area is 156 Å². The molecular formula is C18H23NO8. The van der Waals surface area contributed by atoms with Gasteiger partial charge >= 0.3 is 11.9 Å². The molecule has 0 aromatic heterocycles. The molecular weight excluding hydrogens is 358 g/mol. The van der Waals surface area contributed by atoms with E-state index >= 15 is 0 Å². The molecule has 148 valence electrons. The zero-order valence-corrected chi connectivity index (χ0v) is 15.6. The van der Waals surface area contributed by atoms with Crippen LogP contribution in [-0.2, 0) is 33.3 Å². The molecule has 1 aliphatic heterocycles. The number of nitrogens with one attached hydrogen (secondary N) is 1. The van der Waals surface area contributed by atoms with Crippen LogP contribution < -0.4 is 10.1 Å². The van der Waals surface area contributed by atoms with Crippen LogP contribution in [0.15, 0.2) is 24.3 Å². The molecule has 0 spiro atoms. The highest BCUT2D eigenvalue weighted by Crippen LogP contribution is 2.26. The number of hydrogen-bond donors (Lipinski definition) is 1. The van der Waals surface area contributed by atoms with Crippen LogP contribution >= 0.6 is 0 Å². The fourth-order valence-corrected chi connectivity index (χ4v) is 2.37. The first-order valence-electron chi connectivity index (χ1n) is 8.40. The summed E-state index contributed by atoms with van der Waals surface area (Å²) < 4.78 is 27.3. The number of ether oxygens (including phenoxy) is 5. The fourth-order valence-electron chi connectivity index (χ4n) is 2.37. The van der Waals surface area contributed by atoms with Crippen molar-refractivity contribution in [3.8, 4) is 5.75 Å². The van der Waals surface area contributed by atoms with Gasteiger partial charge in [-0.3, -0.25) is 14.4 Å². The second kappa shape index (κ2) is 9.33. The Morgan fingerprint density at radius 1 is 1.00 bits per heavy atom. The number of anilines is 1. The number of carbonyl (C=O) groups excluding carboxylic acids is 3. The van der Waals surface area contributed by atoms with Gasteiger partial charge in [-0.15, -0.1) is 0 Å². The quantitative estimate of drug-likeness (QED) is 0.740. The zero-order valence-electron chi connectivity index (χ0n) is 15.6. The molecule has 27 heavy (non-hydrogen) atoms. The van der Waals surface area contributed by atoms with E-state index in [4.69, 9.17) is 23.7 Å². The van der Waals surface area contributed by atoms with Crippen molar-refractivity contribution in [1.82, 2.24) is 0 Å². The molecule has 2 rings (SSSR count). The van der Waals surface area contributed by atoms with Gasteiger partial charge < -0.3 is 29.0 Å². The van der Waals surface area contributed by atoms with E-state index in [2.05, 4.69) is 5.32 Å². The first kappa shape index (κ1) is 20.7. The number of benzene rings is 1. The monoisotopic (exact) mass is 381 g/mol. The number of amides is 1. The van der Waals surface area contributed by atoms with E-state index in [-0.39, 0.29) is 12.5 Å². The predicted molar refractivity (Wildman–Crippen MR) is 92.8 cm³/mol. The molecule has 0 radical (unpaired) electrons. The van der Waals surface area contributed by atoms with Crippen molar-refractivity contribution in [1.29, 1.82) is 0 Å². The van der Waals surface area contributed by atoms with Crippen molar-refractivity contribution in [3.63, 3.8) is 0 Å². The van der Waals surface area contributed by atoms with Crippen LogP contribution in [-0.4, -0.2) is 49.2 Å². The summed E-state index contributed by atoms with van der Waals surface area (Å²) in [5.41, 5.74) is 0.631. The molecule has 1 N–H and O–H groups in total. The lowest BCUT2D eigenvalue weighted by Crippen LogP contribution is -2.53. The number of hydrogen-bond acceptors (Lipinski definition) is 8. The zero-order chi connectivity index (χ0) is 20.0. The molecule has 0 aliphatic carbocycles. The topological polar surface area (TPSA) is 109 Å². The summed E-state index contributed by atoms with van der Waals surface area (Å²) in [7, 11) is 0. The molecule has 1 fully saturated rings. The highest BCUT2D eigenvalue weighted by Gasteiger charge is 2.40. The third-order valence-corrected chi connectivity index (χ3v) is 3.50. The maximum atomic E-state index is 11.3. The van der Waals surface area contributed by atoms with Crippen molar-refractivity contribution in [2.45, 2.75) is 52.5 Å². The highest BCUT2D eigenvalue weighted by molar-refractivity contribution is 5.88. The van der Waals surface area contributed by atoms with Crippen molar-refractivity contribution in [2.75, 3.05) is 11.9 Å². The van der Waals surface area contributed by atoms with Crippen molar-refractivity contribution in [2.24, 2.45) is 0 Å². The molecule has 4 unspecified atom stereocenters. The summed E-state index contributed by atoms with van der Waals surface area (Å²) in [6, 6.07) is 6.70. The SMILES string of the molecule is CC(=O)Nc1ccc(OC2OC(COC(C)=O)C(OC(C)=O)OC2C)cc1. The summed E-state index contributed by atoms with van der Waals surface area (Å²) in [5, 5.41) is 2.66. The molecule has 1 amide bonds. The highest BCUT2D eigenvalue weighted by atomic mass is 16.8. The minimum atomic E-state index is -1.01. The molecule has 9 nitrogen and oxygen atoms in total. The largest absolute Gasteiger partial charge is 0.463 e. The Bertz CT molecular complexity index is 674. The summed E-state index contributed by atoms with van der Waals surface area (Å²) in [5.74, 6) is -0.728. The van der Waals surface area contributed by atoms with E-state index in [1.54, 1.807) is 31.2 Å². The van der Waals surface area contributed by atoms with Crippen LogP contribution in [0.1, 0.15) is 27.7 Å². The van der Waals surface area contributed by atoms with Crippen molar-refractivity contribution < 1.29 is 38.1 Å². The number of carbonyl (C=O) groups is 3. The molecule has 1 heterocycles. The average Bonchev–Trinajstić information content (AvgIpc) is 2.56. The first-order valence-corrected chi connectivity index (χ1v) is 8.40. The second-order valence-corrected chi connectivity index (χ2v) is 5.99. The minimum Gasteiger partial charge on any atom is -0.463 e. The summed E-state index contributed by atoms with van der Waals surface area (Å²) in [6.07, 6.45) is -3.22. The van der Waals surface area contributed by atoms with Crippen LogP contribution in [0.25, 0.3) is 0 Å². The molecule has 9 heteroatoms. The first-order chi connectivity index (χ1) is 12.7. The second-order valence-electron chi connectivity index (χ2n) is 5.99. The average molecular weight is 381 g/mol. The standard InChI is InChI=1S/C18H23NO8/c1-10-17(26-15-7-5-14(6-8-15)19-11(2)20)27-16(9-23-12(3)21)18(24-10)25-13(4)22/h5-8,10,16-18H,9H2,1-4H3,(H,19,20). The van der Waals surface area contributed by atoms with E-state index < -0.39 is 36.7 Å². The van der Waals surface area contributed by atoms with Gasteiger partial charge in [0.15, 0.2) is 6.10 Å². The van der Waals surface area contributed by atoms with Crippen LogP contribution in [0.5, 0.6) is 5.75 Å². The van der Waals surface area contributed by atoms with E-state index in [9.17, 15) is 14.4 Å². The maximum absolute atomic E-state index is 11.3. The van der Waals surface area contributed by atoms with E-state index in [1.807, 2.05) is 0 Å². The third kappa shape index (κ3) is 6.54. The third-order valence-electron chi connectivity index (χ3n) is 3.50. The van der Waals surface area contributed by atoms with Gasteiger partial charge in [-0.2, -0.15) is 0 Å². The summed E-state index contributed by atoms with van der Waals surface area (Å²) >= 11 is 0. The Balaban J connectivity index is 2.04. The van der Waals surface area contributed by atoms with Crippen LogP contribution in [0.3, 0.4) is 0 Å². The molecule has 0 saturated carbocycles. The molecule has 1 aromatic rings. The van der Waals surface area contributed by atoms with Gasteiger partial charge in [-0.1, -0.05) is 0 Å². The lowest BCUT2D eigenvalue weighted by molar-refractivity contribution is -0.326. The summed E-state index contributed by atoms with van der Waals surface area (Å²) in [4.78, 5) is 33.4. The Hall–Kier alpha value is -2.65. The Morgan fingerprint density at radius 2 is 1.67 bits per heavy atom. The minimum absolute atomic E-state index is 0.151. The molecule has 1 aromatic carbocycles. The molecule has 4 atom stereocenters. The van der Waals surface area contributed by atoms with Gasteiger partial charge in [-0.05, 0) is 31.2 Å². The lowest BCUT2D eigenvalue weighted by Gasteiger charge is -2.38. The van der Waals surface area contributed by atoms with Crippen molar-refractivity contribution in [3.05, 3.63) is 24.3 Å². The van der Waals surface area contributed by atoms with E-state index in [0.717, 1.165) is 0 Å². The van der Waals surface area contributed by atoms with Gasteiger partial charge in [-0.25, -0.2) is 0 Å². The lowest BCUT2D eigenvalue weighted by atomic mass is 10.2. The van der Waals surface area contributed by atoms with Gasteiger partial charge in [0.2, 0.25) is 18.5 Å². The van der Waals surface area contributed by atoms with Crippen LogP contribution in [0, 0.1) is 0 Å². The fraction of sp³-hybridized carbons (Fsp3) is 0.500. The predicted octanol–water partition coefficient (Wildman–Crippen LogP) is 1.61. The van der Waals surface area contributed by atoms with Crippen LogP contribution in [0.2, 0.25) is 0 Å². The van der Waals surface area contributed by atoms with Gasteiger partial charge in [0.1, 0.15) is 18.5 Å². The summed E-state index contributed by atoms with van der Waals surface area (Å²) in [6.45, 7) is 5.48. The van der Waals surface area contributed by atoms with Gasteiger partial charge in [0, 0.05) is 26.5 Å². The number of esters is 2. The molecule has 0 bridgehead atoms. The van der Waals surface area contributed by atoms with E-state index in [1.165, 1.54) is 20.8 Å². The van der Waals surface area contributed by atoms with Gasteiger partial charge in [0.25, 0.3) is 0 Å². The smallest absolute Gasteiger partial charge is 0.305 e. The Morgan fingerprint density at radius 3 is 2.22 bits per heavy atom. The maximum Gasteiger partial charge on any atom is 0.305 e. The van der Waals surface area contributed by atoms with Crippen molar-refractivity contribution >= 4 is 23.5 Å². The normalized spacial score (nSPS) is 24.6. The van der Waals surface area contributed by atoms with E-state index in [0.29, 0.717) is 11.4 Å². The Kier molecular flexibility index (Phi) is 7.14. The number of rotatable bonds is 6.